The van der Waals surface area contributed by atoms with E-state index in [1.54, 1.807) is 11.3 Å². The summed E-state index contributed by atoms with van der Waals surface area (Å²) in [5, 5.41) is 2.13. The summed E-state index contributed by atoms with van der Waals surface area (Å²) in [4.78, 5) is 1.29. The van der Waals surface area contributed by atoms with Gasteiger partial charge in [0.2, 0.25) is 0 Å². The van der Waals surface area contributed by atoms with E-state index in [0.29, 0.717) is 0 Å². The zero-order valence-corrected chi connectivity index (χ0v) is 10.5. The molecule has 4 heteroatoms. The van der Waals surface area contributed by atoms with Crippen molar-refractivity contribution in [2.24, 2.45) is 5.84 Å². The number of furan rings is 1. The zero-order chi connectivity index (χ0) is 11.7. The van der Waals surface area contributed by atoms with Crippen LogP contribution >= 0.6 is 11.3 Å². The maximum atomic E-state index is 5.64. The van der Waals surface area contributed by atoms with Gasteiger partial charge in [-0.25, -0.2) is 5.43 Å². The summed E-state index contributed by atoms with van der Waals surface area (Å²) in [5.74, 6) is 7.47. The fourth-order valence-electron chi connectivity index (χ4n) is 1.92. The molecule has 1 atom stereocenters. The maximum Gasteiger partial charge on any atom is 0.106 e. The average molecular weight is 236 g/mol. The van der Waals surface area contributed by atoms with Gasteiger partial charge in [-0.2, -0.15) is 0 Å². The minimum absolute atomic E-state index is 0.0161. The van der Waals surface area contributed by atoms with E-state index in [9.17, 15) is 0 Å². The Labute approximate surface area is 99.2 Å². The van der Waals surface area contributed by atoms with Crippen LogP contribution < -0.4 is 11.3 Å². The Kier molecular flexibility index (Phi) is 3.14. The fraction of sp³-hybridized carbons (Fsp3) is 0.333. The number of rotatable bonds is 3. The molecule has 0 radical (unpaired) electrons. The van der Waals surface area contributed by atoms with Gasteiger partial charge < -0.3 is 4.42 Å². The number of hydrogen-bond donors (Lipinski definition) is 2. The summed E-state index contributed by atoms with van der Waals surface area (Å²) in [6.45, 7) is 6.00. The van der Waals surface area contributed by atoms with Crippen molar-refractivity contribution in [3.05, 3.63) is 45.0 Å². The molecule has 86 valence electrons. The molecule has 0 aromatic carbocycles. The highest BCUT2D eigenvalue weighted by molar-refractivity contribution is 7.10. The first-order valence-electron chi connectivity index (χ1n) is 5.20. The molecule has 2 aromatic heterocycles. The molecule has 0 saturated carbocycles. The number of hydrazine groups is 1. The van der Waals surface area contributed by atoms with E-state index in [2.05, 4.69) is 23.8 Å². The summed E-state index contributed by atoms with van der Waals surface area (Å²) in [6.07, 6.45) is 0. The molecule has 0 bridgehead atoms. The molecule has 3 nitrogen and oxygen atoms in total. The van der Waals surface area contributed by atoms with Crippen molar-refractivity contribution in [3.63, 3.8) is 0 Å². The Hall–Kier alpha value is -1.10. The van der Waals surface area contributed by atoms with E-state index in [1.165, 1.54) is 10.4 Å². The predicted molar refractivity (Wildman–Crippen MR) is 66.4 cm³/mol. The fourth-order valence-corrected chi connectivity index (χ4v) is 2.65. The minimum Gasteiger partial charge on any atom is -0.466 e. The number of nitrogens with one attached hydrogen (secondary N) is 1. The van der Waals surface area contributed by atoms with Crippen LogP contribution in [0.1, 0.15) is 33.6 Å². The van der Waals surface area contributed by atoms with Crippen molar-refractivity contribution in [1.29, 1.82) is 0 Å². The second kappa shape index (κ2) is 4.41. The van der Waals surface area contributed by atoms with Gasteiger partial charge in [0.05, 0.1) is 6.04 Å². The van der Waals surface area contributed by atoms with E-state index >= 15 is 0 Å². The van der Waals surface area contributed by atoms with Crippen LogP contribution in [0.3, 0.4) is 0 Å². The summed E-state index contributed by atoms with van der Waals surface area (Å²) in [7, 11) is 0. The Bertz CT molecular complexity index is 487. The van der Waals surface area contributed by atoms with Gasteiger partial charge in [-0.3, -0.25) is 5.84 Å². The van der Waals surface area contributed by atoms with Crippen LogP contribution in [0, 0.1) is 20.8 Å². The molecular weight excluding hydrogens is 220 g/mol. The molecule has 3 N–H and O–H groups in total. The lowest BCUT2D eigenvalue weighted by Crippen LogP contribution is -2.28. The SMILES string of the molecule is Cc1cc(C(NN)c2csc(C)c2)c(C)o1. The standard InChI is InChI=1S/C12H16N2OS/c1-7-4-11(9(3)15-7)12(14-13)10-5-8(2)16-6-10/h4-6,12,14H,13H2,1-3H3. The lowest BCUT2D eigenvalue weighted by Gasteiger charge is -2.13. The Morgan fingerprint density at radius 2 is 2.06 bits per heavy atom. The van der Waals surface area contributed by atoms with Gasteiger partial charge in [0.15, 0.2) is 0 Å². The molecule has 0 aliphatic heterocycles. The van der Waals surface area contributed by atoms with Gasteiger partial charge in [-0.15, -0.1) is 11.3 Å². The highest BCUT2D eigenvalue weighted by atomic mass is 32.1. The molecular formula is C12H16N2OS. The minimum atomic E-state index is 0.0161. The van der Waals surface area contributed by atoms with Crippen LogP contribution in [0.25, 0.3) is 0 Å². The molecule has 0 spiro atoms. The molecule has 2 aromatic rings. The van der Waals surface area contributed by atoms with E-state index < -0.39 is 0 Å². The lowest BCUT2D eigenvalue weighted by atomic mass is 10.0. The Balaban J connectivity index is 2.40. The lowest BCUT2D eigenvalue weighted by molar-refractivity contribution is 0.495. The van der Waals surface area contributed by atoms with Crippen molar-refractivity contribution in [1.82, 2.24) is 5.43 Å². The smallest absolute Gasteiger partial charge is 0.106 e. The topological polar surface area (TPSA) is 51.2 Å². The molecule has 0 fully saturated rings. The van der Waals surface area contributed by atoms with Gasteiger partial charge in [-0.05, 0) is 43.8 Å². The van der Waals surface area contributed by atoms with Crippen LogP contribution in [0.4, 0.5) is 0 Å². The maximum absolute atomic E-state index is 5.64. The van der Waals surface area contributed by atoms with Crippen LogP contribution in [0.5, 0.6) is 0 Å². The van der Waals surface area contributed by atoms with Crippen LogP contribution in [-0.4, -0.2) is 0 Å². The molecule has 0 aliphatic carbocycles. The van der Waals surface area contributed by atoms with E-state index in [4.69, 9.17) is 10.3 Å². The molecule has 1 unspecified atom stereocenters. The second-order valence-corrected chi connectivity index (χ2v) is 5.07. The van der Waals surface area contributed by atoms with Crippen molar-refractivity contribution < 1.29 is 4.42 Å². The molecule has 0 saturated heterocycles. The van der Waals surface area contributed by atoms with Crippen molar-refractivity contribution in [2.45, 2.75) is 26.8 Å². The van der Waals surface area contributed by atoms with E-state index in [1.807, 2.05) is 19.9 Å². The van der Waals surface area contributed by atoms with Gasteiger partial charge in [-0.1, -0.05) is 0 Å². The molecule has 0 amide bonds. The van der Waals surface area contributed by atoms with Crippen molar-refractivity contribution >= 4 is 11.3 Å². The second-order valence-electron chi connectivity index (χ2n) is 3.96. The summed E-state index contributed by atoms with van der Waals surface area (Å²) in [5.41, 5.74) is 5.15. The highest BCUT2D eigenvalue weighted by Gasteiger charge is 2.18. The summed E-state index contributed by atoms with van der Waals surface area (Å²) >= 11 is 1.73. The Morgan fingerprint density at radius 3 is 2.50 bits per heavy atom. The third-order valence-corrected chi connectivity index (χ3v) is 3.52. The predicted octanol–water partition coefficient (Wildman–Crippen LogP) is 2.82. The van der Waals surface area contributed by atoms with Crippen LogP contribution in [0.2, 0.25) is 0 Å². The van der Waals surface area contributed by atoms with Gasteiger partial charge in [0, 0.05) is 10.4 Å². The normalized spacial score (nSPS) is 13.0. The molecule has 0 aliphatic rings. The zero-order valence-electron chi connectivity index (χ0n) is 9.70. The first-order valence-corrected chi connectivity index (χ1v) is 6.08. The highest BCUT2D eigenvalue weighted by Crippen LogP contribution is 2.29. The van der Waals surface area contributed by atoms with E-state index in [0.717, 1.165) is 17.1 Å². The molecule has 16 heavy (non-hydrogen) atoms. The van der Waals surface area contributed by atoms with Gasteiger partial charge >= 0.3 is 0 Å². The van der Waals surface area contributed by atoms with Crippen LogP contribution in [0.15, 0.2) is 21.9 Å². The largest absolute Gasteiger partial charge is 0.466 e. The Morgan fingerprint density at radius 1 is 1.31 bits per heavy atom. The molecule has 2 heterocycles. The third-order valence-electron chi connectivity index (χ3n) is 2.64. The summed E-state index contributed by atoms with van der Waals surface area (Å²) in [6, 6.07) is 4.20. The van der Waals surface area contributed by atoms with Crippen molar-refractivity contribution in [2.75, 3.05) is 0 Å². The number of hydrogen-bond acceptors (Lipinski definition) is 4. The van der Waals surface area contributed by atoms with Crippen LogP contribution in [-0.2, 0) is 0 Å². The van der Waals surface area contributed by atoms with Crippen molar-refractivity contribution in [3.8, 4) is 0 Å². The van der Waals surface area contributed by atoms with Gasteiger partial charge in [0.1, 0.15) is 11.5 Å². The quantitative estimate of drug-likeness (QED) is 0.636. The number of thiophene rings is 1. The summed E-state index contributed by atoms with van der Waals surface area (Å²) < 4.78 is 5.53. The molecule has 2 rings (SSSR count). The third kappa shape index (κ3) is 2.04. The number of nitrogens with two attached hydrogens (primary N) is 1. The monoisotopic (exact) mass is 236 g/mol. The van der Waals surface area contributed by atoms with E-state index in [-0.39, 0.29) is 6.04 Å². The first kappa shape index (κ1) is 11.4. The average Bonchev–Trinajstić information content (AvgIpc) is 2.76. The van der Waals surface area contributed by atoms with Gasteiger partial charge in [0.25, 0.3) is 0 Å². The number of aryl methyl sites for hydroxylation is 3. The first-order chi connectivity index (χ1) is 7.61.